The van der Waals surface area contributed by atoms with Crippen molar-refractivity contribution in [1.29, 1.82) is 0 Å². The number of pyridine rings is 1. The van der Waals surface area contributed by atoms with Crippen molar-refractivity contribution >= 4 is 17.4 Å². The van der Waals surface area contributed by atoms with Gasteiger partial charge in [0.15, 0.2) is 0 Å². The molecule has 1 aromatic heterocycles. The van der Waals surface area contributed by atoms with Gasteiger partial charge in [-0.25, -0.2) is 4.98 Å². The molecule has 1 unspecified atom stereocenters. The largest absolute Gasteiger partial charge is 0.396 e. The zero-order valence-corrected chi connectivity index (χ0v) is 8.25. The number of nitrogens with zero attached hydrogens (tertiary/aromatic N) is 1. The molecule has 1 aromatic rings. The van der Waals surface area contributed by atoms with Crippen molar-refractivity contribution in [3.05, 3.63) is 23.4 Å². The third kappa shape index (κ3) is 3.20. The Morgan fingerprint density at radius 3 is 3.08 bits per heavy atom. The summed E-state index contributed by atoms with van der Waals surface area (Å²) in [5.41, 5.74) is 0. The Morgan fingerprint density at radius 1 is 1.69 bits per heavy atom. The SMILES string of the molecule is CC(CCO)Nc1ncccc1Cl. The van der Waals surface area contributed by atoms with Gasteiger partial charge >= 0.3 is 0 Å². The summed E-state index contributed by atoms with van der Waals surface area (Å²) in [7, 11) is 0. The summed E-state index contributed by atoms with van der Waals surface area (Å²) < 4.78 is 0. The molecular formula is C9H13ClN2O. The average molecular weight is 201 g/mol. The lowest BCUT2D eigenvalue weighted by atomic mass is 10.2. The first kappa shape index (κ1) is 10.3. The van der Waals surface area contributed by atoms with E-state index in [2.05, 4.69) is 10.3 Å². The highest BCUT2D eigenvalue weighted by molar-refractivity contribution is 6.32. The van der Waals surface area contributed by atoms with E-state index in [1.165, 1.54) is 0 Å². The van der Waals surface area contributed by atoms with Crippen molar-refractivity contribution < 1.29 is 5.11 Å². The second-order valence-electron chi connectivity index (χ2n) is 2.89. The van der Waals surface area contributed by atoms with Crippen LogP contribution in [0.2, 0.25) is 5.02 Å². The molecule has 1 heterocycles. The van der Waals surface area contributed by atoms with Crippen molar-refractivity contribution in [2.75, 3.05) is 11.9 Å². The minimum absolute atomic E-state index is 0.165. The second kappa shape index (κ2) is 5.04. The molecule has 1 atom stereocenters. The first-order chi connectivity index (χ1) is 6.24. The number of hydrogen-bond acceptors (Lipinski definition) is 3. The predicted octanol–water partition coefficient (Wildman–Crippen LogP) is 1.92. The van der Waals surface area contributed by atoms with Gasteiger partial charge in [-0.2, -0.15) is 0 Å². The van der Waals surface area contributed by atoms with Crippen LogP contribution in [0.3, 0.4) is 0 Å². The van der Waals surface area contributed by atoms with E-state index >= 15 is 0 Å². The van der Waals surface area contributed by atoms with Crippen LogP contribution in [0, 0.1) is 0 Å². The Bertz CT molecular complexity index is 268. The van der Waals surface area contributed by atoms with Crippen LogP contribution in [0.5, 0.6) is 0 Å². The molecule has 0 amide bonds. The van der Waals surface area contributed by atoms with E-state index in [9.17, 15) is 0 Å². The van der Waals surface area contributed by atoms with Gasteiger partial charge in [-0.05, 0) is 25.5 Å². The van der Waals surface area contributed by atoms with Gasteiger partial charge in [-0.1, -0.05) is 11.6 Å². The minimum atomic E-state index is 0.165. The lowest BCUT2D eigenvalue weighted by Gasteiger charge is -2.13. The molecule has 0 aliphatic rings. The number of nitrogens with one attached hydrogen (secondary N) is 1. The van der Waals surface area contributed by atoms with Gasteiger partial charge in [0, 0.05) is 18.8 Å². The van der Waals surface area contributed by atoms with E-state index in [1.54, 1.807) is 18.3 Å². The summed E-state index contributed by atoms with van der Waals surface area (Å²) in [6.07, 6.45) is 2.37. The number of aliphatic hydroxyl groups excluding tert-OH is 1. The van der Waals surface area contributed by atoms with Gasteiger partial charge in [0.25, 0.3) is 0 Å². The molecule has 2 N–H and O–H groups in total. The maximum Gasteiger partial charge on any atom is 0.144 e. The monoisotopic (exact) mass is 200 g/mol. The van der Waals surface area contributed by atoms with Gasteiger partial charge in [0.05, 0.1) is 5.02 Å². The average Bonchev–Trinajstić information content (AvgIpc) is 2.09. The molecular weight excluding hydrogens is 188 g/mol. The van der Waals surface area contributed by atoms with E-state index in [0.717, 1.165) is 0 Å². The summed E-state index contributed by atoms with van der Waals surface area (Å²) in [6.45, 7) is 2.14. The summed E-state index contributed by atoms with van der Waals surface area (Å²) in [6, 6.07) is 3.74. The maximum atomic E-state index is 8.69. The molecule has 0 saturated heterocycles. The number of aromatic nitrogens is 1. The van der Waals surface area contributed by atoms with E-state index in [1.807, 2.05) is 6.92 Å². The summed E-state index contributed by atoms with van der Waals surface area (Å²) >= 11 is 5.88. The number of aliphatic hydroxyl groups is 1. The summed E-state index contributed by atoms with van der Waals surface area (Å²) in [4.78, 5) is 4.08. The Morgan fingerprint density at radius 2 is 2.46 bits per heavy atom. The number of anilines is 1. The highest BCUT2D eigenvalue weighted by atomic mass is 35.5. The van der Waals surface area contributed by atoms with Gasteiger partial charge < -0.3 is 10.4 Å². The molecule has 0 saturated carbocycles. The zero-order chi connectivity index (χ0) is 9.68. The van der Waals surface area contributed by atoms with Crippen LogP contribution < -0.4 is 5.32 Å². The smallest absolute Gasteiger partial charge is 0.144 e. The molecule has 0 aromatic carbocycles. The minimum Gasteiger partial charge on any atom is -0.396 e. The van der Waals surface area contributed by atoms with Crippen LogP contribution in [0.1, 0.15) is 13.3 Å². The van der Waals surface area contributed by atoms with Crippen molar-refractivity contribution in [3.63, 3.8) is 0 Å². The van der Waals surface area contributed by atoms with E-state index in [4.69, 9.17) is 16.7 Å². The zero-order valence-electron chi connectivity index (χ0n) is 7.50. The number of hydrogen-bond donors (Lipinski definition) is 2. The van der Waals surface area contributed by atoms with Crippen LogP contribution in [-0.4, -0.2) is 22.7 Å². The number of halogens is 1. The fourth-order valence-corrected chi connectivity index (χ4v) is 1.17. The van der Waals surface area contributed by atoms with Crippen molar-refractivity contribution in [2.24, 2.45) is 0 Å². The molecule has 0 bridgehead atoms. The van der Waals surface area contributed by atoms with E-state index in [0.29, 0.717) is 17.3 Å². The van der Waals surface area contributed by atoms with Crippen LogP contribution in [0.15, 0.2) is 18.3 Å². The first-order valence-corrected chi connectivity index (χ1v) is 4.59. The van der Waals surface area contributed by atoms with Crippen LogP contribution in [-0.2, 0) is 0 Å². The molecule has 0 fully saturated rings. The van der Waals surface area contributed by atoms with Crippen molar-refractivity contribution in [2.45, 2.75) is 19.4 Å². The molecule has 72 valence electrons. The van der Waals surface area contributed by atoms with Gasteiger partial charge in [-0.3, -0.25) is 0 Å². The van der Waals surface area contributed by atoms with Crippen molar-refractivity contribution in [1.82, 2.24) is 4.98 Å². The maximum absolute atomic E-state index is 8.69. The van der Waals surface area contributed by atoms with Crippen LogP contribution >= 0.6 is 11.6 Å². The molecule has 13 heavy (non-hydrogen) atoms. The lowest BCUT2D eigenvalue weighted by Crippen LogP contribution is -2.17. The van der Waals surface area contributed by atoms with Gasteiger partial charge in [0.1, 0.15) is 5.82 Å². The van der Waals surface area contributed by atoms with Crippen LogP contribution in [0.4, 0.5) is 5.82 Å². The van der Waals surface area contributed by atoms with Crippen molar-refractivity contribution in [3.8, 4) is 0 Å². The second-order valence-corrected chi connectivity index (χ2v) is 3.30. The fourth-order valence-electron chi connectivity index (χ4n) is 0.991. The summed E-state index contributed by atoms with van der Waals surface area (Å²) in [5.74, 6) is 0.671. The fraction of sp³-hybridized carbons (Fsp3) is 0.444. The molecule has 0 radical (unpaired) electrons. The molecule has 0 aliphatic heterocycles. The normalized spacial score (nSPS) is 12.5. The Balaban J connectivity index is 2.58. The molecule has 1 rings (SSSR count). The third-order valence-electron chi connectivity index (χ3n) is 1.70. The standard InChI is InChI=1S/C9H13ClN2O/c1-7(4-6-13)12-9-8(10)3-2-5-11-9/h2-3,5,7,13H,4,6H2,1H3,(H,11,12). The quantitative estimate of drug-likeness (QED) is 0.781. The predicted molar refractivity (Wildman–Crippen MR) is 54.0 cm³/mol. The Kier molecular flexibility index (Phi) is 3.99. The van der Waals surface area contributed by atoms with E-state index < -0.39 is 0 Å². The number of rotatable bonds is 4. The first-order valence-electron chi connectivity index (χ1n) is 4.22. The molecule has 4 heteroatoms. The van der Waals surface area contributed by atoms with Crippen LogP contribution in [0.25, 0.3) is 0 Å². The van der Waals surface area contributed by atoms with Gasteiger partial charge in [0.2, 0.25) is 0 Å². The third-order valence-corrected chi connectivity index (χ3v) is 2.01. The van der Waals surface area contributed by atoms with Gasteiger partial charge in [-0.15, -0.1) is 0 Å². The lowest BCUT2D eigenvalue weighted by molar-refractivity contribution is 0.282. The highest BCUT2D eigenvalue weighted by Crippen LogP contribution is 2.18. The highest BCUT2D eigenvalue weighted by Gasteiger charge is 2.04. The molecule has 0 aliphatic carbocycles. The van der Waals surface area contributed by atoms with E-state index in [-0.39, 0.29) is 12.6 Å². The molecule has 0 spiro atoms. The summed E-state index contributed by atoms with van der Waals surface area (Å²) in [5, 5.41) is 12.4. The topological polar surface area (TPSA) is 45.1 Å². The Labute approximate surface area is 82.8 Å². The molecule has 3 nitrogen and oxygen atoms in total. The Hall–Kier alpha value is -0.800.